The zero-order chi connectivity index (χ0) is 26.6. The molecule has 37 heavy (non-hydrogen) atoms. The van der Waals surface area contributed by atoms with Crippen molar-refractivity contribution in [2.24, 2.45) is 5.16 Å². The van der Waals surface area contributed by atoms with Crippen molar-refractivity contribution in [1.82, 2.24) is 10.1 Å². The van der Waals surface area contributed by atoms with Gasteiger partial charge < -0.3 is 14.5 Å². The third kappa shape index (κ3) is 6.37. The van der Waals surface area contributed by atoms with Crippen LogP contribution in [0.25, 0.3) is 11.1 Å². The van der Waals surface area contributed by atoms with Crippen LogP contribution in [0.2, 0.25) is 0 Å². The van der Waals surface area contributed by atoms with Crippen molar-refractivity contribution in [3.8, 4) is 11.1 Å². The van der Waals surface area contributed by atoms with E-state index in [1.165, 1.54) is 24.3 Å². The molecule has 0 fully saturated rings. The van der Waals surface area contributed by atoms with Crippen LogP contribution < -0.4 is 0 Å². The zero-order valence-corrected chi connectivity index (χ0v) is 20.6. The summed E-state index contributed by atoms with van der Waals surface area (Å²) in [4.78, 5) is 18.7. The van der Waals surface area contributed by atoms with Gasteiger partial charge in [0.2, 0.25) is 0 Å². The highest BCUT2D eigenvalue weighted by Crippen LogP contribution is 2.36. The SMILES string of the molecule is Cc1noc(C)c1-c1ccc(C(F)(F)F)cc1CN1CCCCC(c2ccc(C(=O)O)cc2)=NOCC1. The summed E-state index contributed by atoms with van der Waals surface area (Å²) in [6, 6.07) is 10.3. The van der Waals surface area contributed by atoms with E-state index in [1.807, 2.05) is 0 Å². The third-order valence-electron chi connectivity index (χ3n) is 6.41. The average Bonchev–Trinajstić information content (AvgIpc) is 3.20. The summed E-state index contributed by atoms with van der Waals surface area (Å²) >= 11 is 0. The van der Waals surface area contributed by atoms with E-state index in [0.717, 1.165) is 30.2 Å². The van der Waals surface area contributed by atoms with Gasteiger partial charge in [0, 0.05) is 18.7 Å². The predicted octanol–water partition coefficient (Wildman–Crippen LogP) is 6.08. The normalized spacial score (nSPS) is 15.6. The minimum atomic E-state index is -4.45. The number of aryl methyl sites for hydroxylation is 2. The second-order valence-corrected chi connectivity index (χ2v) is 9.06. The van der Waals surface area contributed by atoms with Crippen LogP contribution >= 0.6 is 0 Å². The number of halogens is 3. The Kier molecular flexibility index (Phi) is 7.97. The van der Waals surface area contributed by atoms with Crippen LogP contribution in [0, 0.1) is 13.8 Å². The van der Waals surface area contributed by atoms with Crippen molar-refractivity contribution >= 4 is 11.7 Å². The molecule has 3 aromatic rings. The van der Waals surface area contributed by atoms with Gasteiger partial charge in [-0.05, 0) is 80.6 Å². The molecule has 0 aliphatic carbocycles. The van der Waals surface area contributed by atoms with E-state index >= 15 is 0 Å². The Balaban J connectivity index is 1.52. The molecule has 0 amide bonds. The molecule has 0 saturated heterocycles. The summed E-state index contributed by atoms with van der Waals surface area (Å²) < 4.78 is 45.9. The lowest BCUT2D eigenvalue weighted by molar-refractivity contribution is -0.137. The highest BCUT2D eigenvalue weighted by atomic mass is 19.4. The lowest BCUT2D eigenvalue weighted by Gasteiger charge is -2.25. The van der Waals surface area contributed by atoms with E-state index in [1.54, 1.807) is 26.0 Å². The minimum Gasteiger partial charge on any atom is -0.478 e. The van der Waals surface area contributed by atoms with Gasteiger partial charge in [0.1, 0.15) is 12.4 Å². The molecule has 1 aliphatic heterocycles. The number of oxime groups is 1. The van der Waals surface area contributed by atoms with Gasteiger partial charge in [0.15, 0.2) is 0 Å². The molecule has 0 bridgehead atoms. The van der Waals surface area contributed by atoms with E-state index in [0.29, 0.717) is 54.2 Å². The summed E-state index contributed by atoms with van der Waals surface area (Å²) in [7, 11) is 0. The fourth-order valence-corrected chi connectivity index (χ4v) is 4.49. The molecular formula is C27H28F3N3O4. The highest BCUT2D eigenvalue weighted by Gasteiger charge is 2.32. The number of benzene rings is 2. The van der Waals surface area contributed by atoms with Gasteiger partial charge in [0.05, 0.1) is 22.5 Å². The number of carboxylic acids is 1. The number of carboxylic acid groups (broad SMARTS) is 1. The number of alkyl halides is 3. The molecule has 2 aromatic carbocycles. The summed E-state index contributed by atoms with van der Waals surface area (Å²) in [6.07, 6.45) is -2.22. The molecule has 7 nitrogen and oxygen atoms in total. The van der Waals surface area contributed by atoms with Crippen LogP contribution in [0.5, 0.6) is 0 Å². The summed E-state index contributed by atoms with van der Waals surface area (Å²) in [5.41, 5.74) is 3.60. The first-order chi connectivity index (χ1) is 17.6. The number of hydrogen-bond acceptors (Lipinski definition) is 6. The molecule has 0 unspecified atom stereocenters. The minimum absolute atomic E-state index is 0.200. The van der Waals surface area contributed by atoms with E-state index < -0.39 is 17.7 Å². The standard InChI is InChI=1S/C27H28F3N3O4/c1-17-25(18(2)37-31-17)23-11-10-22(27(28,29)30)15-21(23)16-33-12-4-3-5-24(32-36-14-13-33)19-6-8-20(9-7-19)26(34)35/h6-11,15H,3-5,12-14,16H2,1-2H3,(H,34,35). The largest absolute Gasteiger partial charge is 0.478 e. The van der Waals surface area contributed by atoms with Gasteiger partial charge in [-0.25, -0.2) is 4.79 Å². The van der Waals surface area contributed by atoms with Crippen molar-refractivity contribution in [2.75, 3.05) is 19.7 Å². The summed E-state index contributed by atoms with van der Waals surface area (Å²) in [5.74, 6) is -0.435. The second-order valence-electron chi connectivity index (χ2n) is 9.06. The van der Waals surface area contributed by atoms with E-state index in [4.69, 9.17) is 14.5 Å². The highest BCUT2D eigenvalue weighted by molar-refractivity contribution is 6.01. The number of aromatic carboxylic acids is 1. The Hall–Kier alpha value is -3.66. The predicted molar refractivity (Wildman–Crippen MR) is 131 cm³/mol. The van der Waals surface area contributed by atoms with Crippen LogP contribution in [0.3, 0.4) is 0 Å². The van der Waals surface area contributed by atoms with Crippen molar-refractivity contribution < 1.29 is 32.4 Å². The van der Waals surface area contributed by atoms with Crippen LogP contribution in [0.15, 0.2) is 52.1 Å². The lowest BCUT2D eigenvalue weighted by Crippen LogP contribution is -2.29. The van der Waals surface area contributed by atoms with Gasteiger partial charge in [0.25, 0.3) is 0 Å². The molecule has 1 N–H and O–H groups in total. The second kappa shape index (κ2) is 11.2. The summed E-state index contributed by atoms with van der Waals surface area (Å²) in [6.45, 7) is 5.24. The third-order valence-corrected chi connectivity index (χ3v) is 6.41. The van der Waals surface area contributed by atoms with Crippen LogP contribution in [0.4, 0.5) is 13.2 Å². The maximum absolute atomic E-state index is 13.5. The number of aromatic nitrogens is 1. The average molecular weight is 516 g/mol. The van der Waals surface area contributed by atoms with Gasteiger partial charge in [-0.1, -0.05) is 28.5 Å². The maximum atomic E-state index is 13.5. The van der Waals surface area contributed by atoms with Crippen molar-refractivity contribution in [1.29, 1.82) is 0 Å². The van der Waals surface area contributed by atoms with Crippen LogP contribution in [-0.4, -0.2) is 46.5 Å². The molecular weight excluding hydrogens is 487 g/mol. The topological polar surface area (TPSA) is 88.2 Å². The van der Waals surface area contributed by atoms with E-state index in [9.17, 15) is 18.0 Å². The Labute approximate surface area is 212 Å². The molecule has 0 radical (unpaired) electrons. The monoisotopic (exact) mass is 515 g/mol. The van der Waals surface area contributed by atoms with E-state index in [-0.39, 0.29) is 12.2 Å². The van der Waals surface area contributed by atoms with Crippen LogP contribution in [-0.2, 0) is 17.6 Å². The lowest BCUT2D eigenvalue weighted by atomic mass is 9.95. The molecule has 4 rings (SSSR count). The zero-order valence-electron chi connectivity index (χ0n) is 20.6. The molecule has 1 aromatic heterocycles. The first kappa shape index (κ1) is 26.4. The first-order valence-electron chi connectivity index (χ1n) is 12.0. The molecule has 196 valence electrons. The van der Waals surface area contributed by atoms with Gasteiger partial charge >= 0.3 is 12.1 Å². The Morgan fingerprint density at radius 1 is 1.08 bits per heavy atom. The van der Waals surface area contributed by atoms with Crippen molar-refractivity contribution in [3.05, 3.63) is 76.2 Å². The van der Waals surface area contributed by atoms with E-state index in [2.05, 4.69) is 15.2 Å². The van der Waals surface area contributed by atoms with Crippen molar-refractivity contribution in [3.63, 3.8) is 0 Å². The Bertz CT molecular complexity index is 1260. The fraction of sp³-hybridized carbons (Fsp3) is 0.370. The number of rotatable bonds is 5. The fourth-order valence-electron chi connectivity index (χ4n) is 4.49. The Morgan fingerprint density at radius 3 is 2.49 bits per heavy atom. The molecule has 10 heteroatoms. The maximum Gasteiger partial charge on any atom is 0.416 e. The Morgan fingerprint density at radius 2 is 1.84 bits per heavy atom. The molecule has 0 atom stereocenters. The molecule has 0 saturated carbocycles. The smallest absolute Gasteiger partial charge is 0.416 e. The number of nitrogens with zero attached hydrogens (tertiary/aromatic N) is 3. The molecule has 1 aliphatic rings. The van der Waals surface area contributed by atoms with Gasteiger partial charge in [-0.15, -0.1) is 0 Å². The molecule has 2 heterocycles. The van der Waals surface area contributed by atoms with Crippen LogP contribution in [0.1, 0.15) is 57.8 Å². The quantitative estimate of drug-likeness (QED) is 0.443. The summed E-state index contributed by atoms with van der Waals surface area (Å²) in [5, 5.41) is 17.3. The first-order valence-corrected chi connectivity index (χ1v) is 12.0. The molecule has 0 spiro atoms. The van der Waals surface area contributed by atoms with Gasteiger partial charge in [-0.3, -0.25) is 4.90 Å². The number of carbonyl (C=O) groups is 1. The van der Waals surface area contributed by atoms with Crippen molar-refractivity contribution in [2.45, 2.75) is 45.8 Å². The van der Waals surface area contributed by atoms with Gasteiger partial charge in [-0.2, -0.15) is 13.2 Å². The number of hydrogen-bond donors (Lipinski definition) is 1.